The molecule has 0 saturated carbocycles. The van der Waals surface area contributed by atoms with E-state index in [-0.39, 0.29) is 22.0 Å². The number of anilines is 1. The van der Waals surface area contributed by atoms with Crippen LogP contribution in [0.15, 0.2) is 42.5 Å². The Morgan fingerprint density at radius 2 is 1.85 bits per heavy atom. The Bertz CT molecular complexity index is 1280. The Morgan fingerprint density at radius 3 is 2.59 bits per heavy atom. The van der Waals surface area contributed by atoms with Crippen LogP contribution in [0.3, 0.4) is 0 Å². The number of esters is 2. The highest BCUT2D eigenvalue weighted by Gasteiger charge is 2.26. The number of amides is 2. The van der Waals surface area contributed by atoms with Gasteiger partial charge in [0.15, 0.2) is 6.61 Å². The predicted molar refractivity (Wildman–Crippen MR) is 129 cm³/mol. The zero-order valence-electron chi connectivity index (χ0n) is 18.8. The molecular weight excluding hydrogens is 458 g/mol. The maximum Gasteiger partial charge on any atom is 0.341 e. The molecule has 3 aromatic rings. The average molecular weight is 482 g/mol. The van der Waals surface area contributed by atoms with Crippen LogP contribution in [0.1, 0.15) is 38.2 Å². The topological polar surface area (TPSA) is 124 Å². The van der Waals surface area contributed by atoms with E-state index in [2.05, 4.69) is 15.6 Å². The largest absolute Gasteiger partial charge is 0.462 e. The number of hydrogen-bond acceptors (Lipinski definition) is 8. The number of rotatable bonds is 8. The summed E-state index contributed by atoms with van der Waals surface area (Å²) in [4.78, 5) is 53.5. The highest BCUT2D eigenvalue weighted by atomic mass is 32.1. The maximum absolute atomic E-state index is 12.4. The molecule has 34 heavy (non-hydrogen) atoms. The molecule has 3 rings (SSSR count). The molecule has 0 atom stereocenters. The van der Waals surface area contributed by atoms with Gasteiger partial charge in [0, 0.05) is 18.5 Å². The fraction of sp³-hybridized carbons (Fsp3) is 0.208. The Kier molecular flexibility index (Phi) is 8.10. The van der Waals surface area contributed by atoms with Crippen molar-refractivity contribution in [2.75, 3.05) is 25.6 Å². The fourth-order valence-corrected chi connectivity index (χ4v) is 4.21. The van der Waals surface area contributed by atoms with Gasteiger partial charge in [0.25, 0.3) is 11.8 Å². The van der Waals surface area contributed by atoms with Gasteiger partial charge in [-0.2, -0.15) is 0 Å². The molecule has 0 saturated heterocycles. The van der Waals surface area contributed by atoms with Gasteiger partial charge in [-0.1, -0.05) is 24.3 Å². The zero-order valence-corrected chi connectivity index (χ0v) is 19.7. The van der Waals surface area contributed by atoms with Crippen molar-refractivity contribution in [2.45, 2.75) is 13.8 Å². The van der Waals surface area contributed by atoms with Crippen LogP contribution < -0.4 is 10.6 Å². The first kappa shape index (κ1) is 24.6. The van der Waals surface area contributed by atoms with Gasteiger partial charge >= 0.3 is 11.9 Å². The number of thiophene rings is 1. The number of nitrogens with one attached hydrogen (secondary N) is 2. The van der Waals surface area contributed by atoms with Gasteiger partial charge in [-0.3, -0.25) is 9.59 Å². The van der Waals surface area contributed by atoms with E-state index in [0.717, 1.165) is 22.2 Å². The third-order valence-corrected chi connectivity index (χ3v) is 5.87. The van der Waals surface area contributed by atoms with E-state index in [9.17, 15) is 19.2 Å². The van der Waals surface area contributed by atoms with E-state index in [1.807, 2.05) is 30.3 Å². The lowest BCUT2D eigenvalue weighted by Gasteiger charge is -2.07. The third-order valence-electron chi connectivity index (χ3n) is 4.67. The number of para-hydroxylation sites is 1. The molecule has 2 N–H and O–H groups in total. The molecule has 10 heteroatoms. The summed E-state index contributed by atoms with van der Waals surface area (Å²) in [6, 6.07) is 11.2. The van der Waals surface area contributed by atoms with Crippen molar-refractivity contribution in [2.24, 2.45) is 0 Å². The van der Waals surface area contributed by atoms with Crippen LogP contribution in [0.2, 0.25) is 0 Å². The number of benzene rings is 1. The van der Waals surface area contributed by atoms with Crippen molar-refractivity contribution in [3.05, 3.63) is 64.2 Å². The number of fused-ring (bicyclic) bond motifs is 1. The lowest BCUT2D eigenvalue weighted by Crippen LogP contribution is -2.21. The van der Waals surface area contributed by atoms with Crippen molar-refractivity contribution in [1.29, 1.82) is 0 Å². The van der Waals surface area contributed by atoms with Crippen LogP contribution in [0.4, 0.5) is 5.00 Å². The van der Waals surface area contributed by atoms with Gasteiger partial charge < -0.3 is 20.1 Å². The lowest BCUT2D eigenvalue weighted by atomic mass is 10.1. The molecule has 0 radical (unpaired) electrons. The van der Waals surface area contributed by atoms with Crippen LogP contribution in [-0.2, 0) is 19.1 Å². The van der Waals surface area contributed by atoms with E-state index >= 15 is 0 Å². The van der Waals surface area contributed by atoms with Crippen molar-refractivity contribution >= 4 is 57.1 Å². The van der Waals surface area contributed by atoms with Gasteiger partial charge in [-0.15, -0.1) is 11.3 Å². The van der Waals surface area contributed by atoms with E-state index in [1.165, 1.54) is 19.2 Å². The highest BCUT2D eigenvalue weighted by Crippen LogP contribution is 2.33. The molecule has 0 aliphatic rings. The van der Waals surface area contributed by atoms with Crippen LogP contribution in [0, 0.1) is 6.92 Å². The molecule has 0 aliphatic heterocycles. The number of aromatic nitrogens is 1. The lowest BCUT2D eigenvalue weighted by molar-refractivity contribution is -0.142. The van der Waals surface area contributed by atoms with Gasteiger partial charge in [0.2, 0.25) is 0 Å². The molecule has 0 spiro atoms. The summed E-state index contributed by atoms with van der Waals surface area (Å²) in [6.45, 7) is 2.79. The summed E-state index contributed by atoms with van der Waals surface area (Å²) in [7, 11) is 1.46. The number of hydrogen-bond donors (Lipinski definition) is 2. The predicted octanol–water partition coefficient (Wildman–Crippen LogP) is 3.34. The summed E-state index contributed by atoms with van der Waals surface area (Å²) in [5, 5.41) is 6.13. The molecule has 9 nitrogen and oxygen atoms in total. The number of carbonyl (C=O) groups is 4. The zero-order chi connectivity index (χ0) is 24.7. The second-order valence-corrected chi connectivity index (χ2v) is 8.00. The molecule has 0 fully saturated rings. The van der Waals surface area contributed by atoms with E-state index in [1.54, 1.807) is 19.9 Å². The highest BCUT2D eigenvalue weighted by molar-refractivity contribution is 7.18. The second-order valence-electron chi connectivity index (χ2n) is 6.98. The maximum atomic E-state index is 12.4. The van der Waals surface area contributed by atoms with Crippen LogP contribution in [0.25, 0.3) is 17.0 Å². The Hall–Kier alpha value is -4.05. The van der Waals surface area contributed by atoms with E-state index < -0.39 is 30.4 Å². The molecular formula is C24H23N3O6S. The molecule has 2 heterocycles. The first-order valence-electron chi connectivity index (χ1n) is 10.4. The summed E-state index contributed by atoms with van der Waals surface area (Å²) in [5.74, 6) is -2.46. The summed E-state index contributed by atoms with van der Waals surface area (Å²) in [6.07, 6.45) is 2.66. The Labute approximate surface area is 199 Å². The minimum absolute atomic E-state index is 0.0902. The van der Waals surface area contributed by atoms with E-state index in [4.69, 9.17) is 9.47 Å². The number of nitrogens with zero attached hydrogens (tertiary/aromatic N) is 1. The fourth-order valence-electron chi connectivity index (χ4n) is 3.06. The summed E-state index contributed by atoms with van der Waals surface area (Å²) in [5.41, 5.74) is 1.83. The molecule has 0 aliphatic carbocycles. The van der Waals surface area contributed by atoms with Crippen LogP contribution >= 0.6 is 11.3 Å². The van der Waals surface area contributed by atoms with Crippen molar-refractivity contribution in [3.8, 4) is 0 Å². The molecule has 1 aromatic carbocycles. The smallest absolute Gasteiger partial charge is 0.341 e. The van der Waals surface area contributed by atoms with Crippen LogP contribution in [0.5, 0.6) is 0 Å². The number of carbonyl (C=O) groups excluding carboxylic acids is 4. The average Bonchev–Trinajstić information content (AvgIpc) is 3.16. The number of ether oxygens (including phenoxy) is 2. The van der Waals surface area contributed by atoms with Crippen molar-refractivity contribution in [1.82, 2.24) is 10.3 Å². The summed E-state index contributed by atoms with van der Waals surface area (Å²) >= 11 is 0.936. The Balaban J connectivity index is 1.64. The summed E-state index contributed by atoms with van der Waals surface area (Å²) < 4.78 is 10.0. The Morgan fingerprint density at radius 1 is 1.09 bits per heavy atom. The minimum Gasteiger partial charge on any atom is -0.462 e. The number of pyridine rings is 1. The minimum atomic E-state index is -0.732. The van der Waals surface area contributed by atoms with Gasteiger partial charge in [0.1, 0.15) is 5.00 Å². The molecule has 2 amide bonds. The molecule has 0 unspecified atom stereocenters. The monoisotopic (exact) mass is 481 g/mol. The molecule has 2 aromatic heterocycles. The van der Waals surface area contributed by atoms with Crippen molar-refractivity contribution in [3.63, 3.8) is 0 Å². The van der Waals surface area contributed by atoms with Crippen LogP contribution in [-0.4, -0.2) is 49.0 Å². The normalized spacial score (nSPS) is 10.8. The standard InChI is InChI=1S/C24H23N3O6S/c1-4-32-24(31)20-14(2)21(22(30)25-3)34-23(20)27-18(28)13-33-19(29)12-11-16-10-9-15-7-5-6-8-17(15)26-16/h5-12H,4,13H2,1-3H3,(H,25,30)(H,27,28)/b12-11+. The third kappa shape index (κ3) is 5.84. The quantitative estimate of drug-likeness (QED) is 0.374. The SMILES string of the molecule is CCOC(=O)c1c(NC(=O)COC(=O)/C=C/c2ccc3ccccc3n2)sc(C(=O)NC)c1C. The molecule has 176 valence electrons. The van der Waals surface area contributed by atoms with Gasteiger partial charge in [0.05, 0.1) is 28.3 Å². The first-order valence-corrected chi connectivity index (χ1v) is 11.2. The van der Waals surface area contributed by atoms with Gasteiger partial charge in [-0.05, 0) is 37.6 Å². The first-order chi connectivity index (χ1) is 16.3. The second kappa shape index (κ2) is 11.2. The van der Waals surface area contributed by atoms with E-state index in [0.29, 0.717) is 11.3 Å². The molecule has 0 bridgehead atoms. The van der Waals surface area contributed by atoms with Crippen molar-refractivity contribution < 1.29 is 28.7 Å². The van der Waals surface area contributed by atoms with Gasteiger partial charge in [-0.25, -0.2) is 14.6 Å².